The maximum Gasteiger partial charge on any atom is 0.0509 e. The molecule has 0 radical (unpaired) electrons. The molecular weight excluding hydrogens is 210 g/mol. The molecule has 2 aliphatic rings. The van der Waals surface area contributed by atoms with E-state index in [9.17, 15) is 0 Å². The topological polar surface area (TPSA) is 21.3 Å². The van der Waals surface area contributed by atoms with Crippen molar-refractivity contribution in [1.82, 2.24) is 5.32 Å². The van der Waals surface area contributed by atoms with Gasteiger partial charge in [-0.1, -0.05) is 32.6 Å². The molecule has 2 rings (SSSR count). The number of nitrogens with one attached hydrogen (secondary N) is 1. The van der Waals surface area contributed by atoms with Crippen molar-refractivity contribution in [3.63, 3.8) is 0 Å². The number of hydrogen-bond acceptors (Lipinski definition) is 2. The predicted octanol–water partition coefficient (Wildman–Crippen LogP) is 3.36. The third kappa shape index (κ3) is 3.96. The summed E-state index contributed by atoms with van der Waals surface area (Å²) in [6, 6.07) is 0.721. The fraction of sp³-hybridized carbons (Fsp3) is 1.00. The predicted molar refractivity (Wildman–Crippen MR) is 72.2 cm³/mol. The molecule has 2 atom stereocenters. The van der Waals surface area contributed by atoms with E-state index in [2.05, 4.69) is 12.2 Å². The van der Waals surface area contributed by atoms with Crippen LogP contribution < -0.4 is 5.32 Å². The Hall–Kier alpha value is -0.0800. The fourth-order valence-corrected chi connectivity index (χ4v) is 3.67. The van der Waals surface area contributed by atoms with Gasteiger partial charge in [0.1, 0.15) is 0 Å². The van der Waals surface area contributed by atoms with Crippen molar-refractivity contribution in [2.75, 3.05) is 19.8 Å². The first-order valence-electron chi connectivity index (χ1n) is 7.73. The van der Waals surface area contributed by atoms with Crippen molar-refractivity contribution >= 4 is 0 Å². The van der Waals surface area contributed by atoms with Gasteiger partial charge in [-0.3, -0.25) is 0 Å². The third-order valence-electron chi connectivity index (χ3n) is 4.55. The second kappa shape index (κ2) is 7.38. The third-order valence-corrected chi connectivity index (χ3v) is 4.55. The standard InChI is InChI=1S/C15H29NO/c1-2-16-15(14-10-7-11-17-12-14)13-8-5-3-4-6-9-13/h13-16H,2-12H2,1H3. The molecule has 2 nitrogen and oxygen atoms in total. The summed E-state index contributed by atoms with van der Waals surface area (Å²) in [5.41, 5.74) is 0. The molecule has 100 valence electrons. The van der Waals surface area contributed by atoms with Crippen LogP contribution in [0.2, 0.25) is 0 Å². The van der Waals surface area contributed by atoms with Gasteiger partial charge in [0.2, 0.25) is 0 Å². The molecule has 0 amide bonds. The van der Waals surface area contributed by atoms with Crippen LogP contribution in [0.5, 0.6) is 0 Å². The molecule has 0 aromatic carbocycles. The van der Waals surface area contributed by atoms with Crippen molar-refractivity contribution in [3.05, 3.63) is 0 Å². The summed E-state index contributed by atoms with van der Waals surface area (Å²) in [6.07, 6.45) is 11.3. The number of hydrogen-bond donors (Lipinski definition) is 1. The minimum atomic E-state index is 0.721. The molecule has 1 aliphatic heterocycles. The van der Waals surface area contributed by atoms with Crippen LogP contribution in [0.15, 0.2) is 0 Å². The van der Waals surface area contributed by atoms with Crippen LogP contribution in [0.3, 0.4) is 0 Å². The molecule has 1 aliphatic carbocycles. The average Bonchev–Trinajstić information content (AvgIpc) is 2.66. The Kier molecular flexibility index (Phi) is 5.79. The van der Waals surface area contributed by atoms with Gasteiger partial charge in [0, 0.05) is 12.6 Å². The van der Waals surface area contributed by atoms with E-state index in [0.717, 1.165) is 37.6 Å². The van der Waals surface area contributed by atoms with Crippen LogP contribution in [0.4, 0.5) is 0 Å². The van der Waals surface area contributed by atoms with Crippen molar-refractivity contribution in [2.45, 2.75) is 64.3 Å². The van der Waals surface area contributed by atoms with Crippen molar-refractivity contribution in [2.24, 2.45) is 11.8 Å². The highest BCUT2D eigenvalue weighted by Crippen LogP contribution is 2.31. The number of ether oxygens (including phenoxy) is 1. The minimum absolute atomic E-state index is 0.721. The van der Waals surface area contributed by atoms with Gasteiger partial charge in [-0.05, 0) is 44.1 Å². The molecule has 0 spiro atoms. The molecule has 1 heterocycles. The molecule has 0 bridgehead atoms. The van der Waals surface area contributed by atoms with Gasteiger partial charge in [-0.25, -0.2) is 0 Å². The lowest BCUT2D eigenvalue weighted by atomic mass is 9.81. The normalized spacial score (nSPS) is 29.8. The van der Waals surface area contributed by atoms with E-state index in [1.807, 2.05) is 0 Å². The molecular formula is C15H29NO. The molecule has 2 heteroatoms. The average molecular weight is 239 g/mol. The monoisotopic (exact) mass is 239 g/mol. The maximum absolute atomic E-state index is 5.69. The van der Waals surface area contributed by atoms with Crippen molar-refractivity contribution < 1.29 is 4.74 Å². The Labute approximate surface area is 107 Å². The zero-order chi connectivity index (χ0) is 11.9. The van der Waals surface area contributed by atoms with Crippen LogP contribution >= 0.6 is 0 Å². The summed E-state index contributed by atoms with van der Waals surface area (Å²) in [5, 5.41) is 3.77. The Balaban J connectivity index is 1.93. The first-order chi connectivity index (χ1) is 8.42. The van der Waals surface area contributed by atoms with Crippen LogP contribution in [-0.4, -0.2) is 25.8 Å². The van der Waals surface area contributed by atoms with E-state index in [0.29, 0.717) is 0 Å². The molecule has 17 heavy (non-hydrogen) atoms. The largest absolute Gasteiger partial charge is 0.381 e. The molecule has 0 aromatic heterocycles. The number of rotatable bonds is 4. The second-order valence-corrected chi connectivity index (χ2v) is 5.81. The van der Waals surface area contributed by atoms with E-state index in [1.165, 1.54) is 51.4 Å². The van der Waals surface area contributed by atoms with Gasteiger partial charge in [0.05, 0.1) is 6.61 Å². The Morgan fingerprint density at radius 2 is 1.71 bits per heavy atom. The van der Waals surface area contributed by atoms with Gasteiger partial charge in [0.25, 0.3) is 0 Å². The minimum Gasteiger partial charge on any atom is -0.381 e. The zero-order valence-electron chi connectivity index (χ0n) is 11.4. The van der Waals surface area contributed by atoms with Crippen molar-refractivity contribution in [3.8, 4) is 0 Å². The quantitative estimate of drug-likeness (QED) is 0.760. The van der Waals surface area contributed by atoms with Gasteiger partial charge in [0.15, 0.2) is 0 Å². The molecule has 2 fully saturated rings. The molecule has 2 unspecified atom stereocenters. The second-order valence-electron chi connectivity index (χ2n) is 5.81. The fourth-order valence-electron chi connectivity index (χ4n) is 3.67. The highest BCUT2D eigenvalue weighted by Gasteiger charge is 2.30. The summed E-state index contributed by atoms with van der Waals surface area (Å²) in [6.45, 7) is 5.33. The van der Waals surface area contributed by atoms with E-state index in [4.69, 9.17) is 4.74 Å². The van der Waals surface area contributed by atoms with E-state index < -0.39 is 0 Å². The van der Waals surface area contributed by atoms with Crippen LogP contribution in [-0.2, 0) is 4.74 Å². The van der Waals surface area contributed by atoms with Crippen LogP contribution in [0.1, 0.15) is 58.3 Å². The maximum atomic E-state index is 5.69. The SMILES string of the molecule is CCNC(C1CCCCCC1)C1CCCOC1. The summed E-state index contributed by atoms with van der Waals surface area (Å²) in [7, 11) is 0. The van der Waals surface area contributed by atoms with Gasteiger partial charge in [-0.2, -0.15) is 0 Å². The first-order valence-corrected chi connectivity index (χ1v) is 7.73. The van der Waals surface area contributed by atoms with Crippen LogP contribution in [0.25, 0.3) is 0 Å². The van der Waals surface area contributed by atoms with Crippen molar-refractivity contribution in [1.29, 1.82) is 0 Å². The highest BCUT2D eigenvalue weighted by atomic mass is 16.5. The summed E-state index contributed by atoms with van der Waals surface area (Å²) in [5.74, 6) is 1.68. The highest BCUT2D eigenvalue weighted by molar-refractivity contribution is 4.85. The Bertz CT molecular complexity index is 193. The summed E-state index contributed by atoms with van der Waals surface area (Å²) < 4.78 is 5.69. The van der Waals surface area contributed by atoms with E-state index >= 15 is 0 Å². The molecule has 1 saturated heterocycles. The van der Waals surface area contributed by atoms with Gasteiger partial charge in [-0.15, -0.1) is 0 Å². The van der Waals surface area contributed by atoms with Gasteiger partial charge >= 0.3 is 0 Å². The molecule has 1 N–H and O–H groups in total. The lowest BCUT2D eigenvalue weighted by Crippen LogP contribution is -2.45. The van der Waals surface area contributed by atoms with Crippen LogP contribution in [0, 0.1) is 11.8 Å². The molecule has 1 saturated carbocycles. The van der Waals surface area contributed by atoms with Gasteiger partial charge < -0.3 is 10.1 Å². The lowest BCUT2D eigenvalue weighted by molar-refractivity contribution is 0.0273. The Morgan fingerprint density at radius 3 is 2.29 bits per heavy atom. The Morgan fingerprint density at radius 1 is 1.00 bits per heavy atom. The zero-order valence-corrected chi connectivity index (χ0v) is 11.4. The summed E-state index contributed by atoms with van der Waals surface area (Å²) in [4.78, 5) is 0. The van der Waals surface area contributed by atoms with E-state index in [1.54, 1.807) is 0 Å². The first kappa shape index (κ1) is 13.4. The van der Waals surface area contributed by atoms with E-state index in [-0.39, 0.29) is 0 Å². The smallest absolute Gasteiger partial charge is 0.0509 e. The molecule has 0 aromatic rings. The lowest BCUT2D eigenvalue weighted by Gasteiger charge is -2.36. The summed E-state index contributed by atoms with van der Waals surface area (Å²) >= 11 is 0.